The third kappa shape index (κ3) is 4.69. The van der Waals surface area contributed by atoms with Gasteiger partial charge in [-0.15, -0.1) is 0 Å². The van der Waals surface area contributed by atoms with E-state index in [1.807, 2.05) is 6.92 Å². The second-order valence-corrected chi connectivity index (χ2v) is 7.16. The fourth-order valence-electron chi connectivity index (χ4n) is 3.46. The number of ether oxygens (including phenoxy) is 3. The molecule has 0 saturated carbocycles. The van der Waals surface area contributed by atoms with Crippen LogP contribution in [-0.4, -0.2) is 61.6 Å². The van der Waals surface area contributed by atoms with E-state index < -0.39 is 0 Å². The highest BCUT2D eigenvalue weighted by atomic mass is 16.5. The minimum Gasteiger partial charge on any atom is -0.497 e. The first kappa shape index (κ1) is 20.9. The number of methoxy groups -OCH3 is 2. The Morgan fingerprint density at radius 2 is 1.84 bits per heavy atom. The van der Waals surface area contributed by atoms with Crippen molar-refractivity contribution >= 4 is 28.5 Å². The highest BCUT2D eigenvalue weighted by Crippen LogP contribution is 2.28. The fourth-order valence-corrected chi connectivity index (χ4v) is 3.46. The number of carbonyl (C=O) groups is 1. The monoisotopic (exact) mass is 427 g/mol. The van der Waals surface area contributed by atoms with Crippen molar-refractivity contribution in [3.8, 4) is 11.5 Å². The van der Waals surface area contributed by atoms with Crippen molar-refractivity contribution in [2.45, 2.75) is 19.8 Å². The molecule has 1 amide bonds. The summed E-state index contributed by atoms with van der Waals surface area (Å²) in [5, 5.41) is 7.71. The van der Waals surface area contributed by atoms with Gasteiger partial charge in [0.2, 0.25) is 5.91 Å². The van der Waals surface area contributed by atoms with Gasteiger partial charge in [0.15, 0.2) is 0 Å². The average Bonchev–Trinajstić information content (AvgIpc) is 3.18. The number of morpholine rings is 1. The molecule has 164 valence electrons. The lowest BCUT2D eigenvalue weighted by Gasteiger charge is -2.28. The van der Waals surface area contributed by atoms with E-state index in [9.17, 15) is 4.79 Å². The molecule has 1 N–H and O–H groups in total. The Balaban J connectivity index is 1.49. The molecule has 0 aliphatic carbocycles. The van der Waals surface area contributed by atoms with Gasteiger partial charge >= 0.3 is 0 Å². The summed E-state index contributed by atoms with van der Waals surface area (Å²) in [7, 11) is 3.12. The summed E-state index contributed by atoms with van der Waals surface area (Å²) in [6.45, 7) is 4.60. The minimum absolute atomic E-state index is 0.166. The van der Waals surface area contributed by atoms with Gasteiger partial charge in [0, 0.05) is 49.8 Å². The Labute approximate surface area is 179 Å². The van der Waals surface area contributed by atoms with Crippen LogP contribution < -0.4 is 19.7 Å². The van der Waals surface area contributed by atoms with E-state index in [4.69, 9.17) is 23.7 Å². The van der Waals surface area contributed by atoms with Gasteiger partial charge in [-0.05, 0) is 6.92 Å². The third-order valence-electron chi connectivity index (χ3n) is 5.06. The summed E-state index contributed by atoms with van der Waals surface area (Å²) in [5.74, 6) is 2.34. The summed E-state index contributed by atoms with van der Waals surface area (Å²) in [5.41, 5.74) is 1.77. The van der Waals surface area contributed by atoms with Crippen LogP contribution in [0.1, 0.15) is 17.9 Å². The van der Waals surface area contributed by atoms with Gasteiger partial charge in [-0.2, -0.15) is 4.98 Å². The van der Waals surface area contributed by atoms with Gasteiger partial charge in [-0.25, -0.2) is 4.98 Å². The van der Waals surface area contributed by atoms with Crippen molar-refractivity contribution in [2.75, 3.05) is 50.7 Å². The zero-order chi connectivity index (χ0) is 21.8. The summed E-state index contributed by atoms with van der Waals surface area (Å²) in [6, 6.07) is 5.21. The molecule has 0 bridgehead atoms. The molecule has 0 radical (unpaired) electrons. The van der Waals surface area contributed by atoms with Gasteiger partial charge in [0.25, 0.3) is 5.71 Å². The fraction of sp³-hybridized carbons (Fsp3) is 0.429. The lowest BCUT2D eigenvalue weighted by atomic mass is 10.2. The van der Waals surface area contributed by atoms with Crippen LogP contribution in [0.25, 0.3) is 11.1 Å². The smallest absolute Gasteiger partial charge is 0.263 e. The molecule has 3 heterocycles. The van der Waals surface area contributed by atoms with Gasteiger partial charge < -0.3 is 29.0 Å². The Morgan fingerprint density at radius 1 is 1.13 bits per heavy atom. The molecule has 10 nitrogen and oxygen atoms in total. The Morgan fingerprint density at radius 3 is 2.52 bits per heavy atom. The quantitative estimate of drug-likeness (QED) is 0.607. The number of nitrogens with one attached hydrogen (secondary N) is 1. The number of nitrogens with zero attached hydrogens (tertiary/aromatic N) is 4. The molecular formula is C21H25N5O5. The molecule has 3 aromatic rings. The number of benzene rings is 1. The summed E-state index contributed by atoms with van der Waals surface area (Å²) in [4.78, 5) is 23.9. The van der Waals surface area contributed by atoms with Gasteiger partial charge in [-0.3, -0.25) is 4.79 Å². The SMILES string of the molecule is COc1cc(NC(=O)CCc2nc(N3CCOCC3)c3c(C)noc3n2)cc(OC)c1. The lowest BCUT2D eigenvalue weighted by molar-refractivity contribution is -0.116. The van der Waals surface area contributed by atoms with Crippen molar-refractivity contribution in [3.63, 3.8) is 0 Å². The molecule has 1 aromatic carbocycles. The van der Waals surface area contributed by atoms with E-state index in [-0.39, 0.29) is 12.3 Å². The largest absolute Gasteiger partial charge is 0.497 e. The van der Waals surface area contributed by atoms with Crippen LogP contribution in [-0.2, 0) is 16.0 Å². The second kappa shape index (κ2) is 9.17. The molecule has 31 heavy (non-hydrogen) atoms. The topological polar surface area (TPSA) is 112 Å². The van der Waals surface area contributed by atoms with Crippen molar-refractivity contribution in [1.82, 2.24) is 15.1 Å². The average molecular weight is 427 g/mol. The van der Waals surface area contributed by atoms with Crippen LogP contribution in [0.2, 0.25) is 0 Å². The van der Waals surface area contributed by atoms with Crippen LogP contribution in [0.15, 0.2) is 22.7 Å². The van der Waals surface area contributed by atoms with E-state index in [0.29, 0.717) is 48.4 Å². The number of hydrogen-bond donors (Lipinski definition) is 1. The maximum atomic E-state index is 12.5. The number of aryl methyl sites for hydroxylation is 2. The van der Waals surface area contributed by atoms with E-state index >= 15 is 0 Å². The van der Waals surface area contributed by atoms with Crippen molar-refractivity contribution in [1.29, 1.82) is 0 Å². The van der Waals surface area contributed by atoms with E-state index in [0.717, 1.165) is 30.0 Å². The highest BCUT2D eigenvalue weighted by molar-refractivity contribution is 5.91. The molecule has 2 aromatic heterocycles. The van der Waals surface area contributed by atoms with Crippen molar-refractivity contribution < 1.29 is 23.5 Å². The molecule has 0 spiro atoms. The van der Waals surface area contributed by atoms with Crippen LogP contribution in [0.4, 0.5) is 11.5 Å². The molecule has 1 fully saturated rings. The predicted octanol–water partition coefficient (Wildman–Crippen LogP) is 2.35. The van der Waals surface area contributed by atoms with Crippen LogP contribution in [0.5, 0.6) is 11.5 Å². The molecule has 1 aliphatic rings. The lowest BCUT2D eigenvalue weighted by Crippen LogP contribution is -2.37. The molecular weight excluding hydrogens is 402 g/mol. The van der Waals surface area contributed by atoms with Crippen LogP contribution >= 0.6 is 0 Å². The number of hydrogen-bond acceptors (Lipinski definition) is 9. The zero-order valence-corrected chi connectivity index (χ0v) is 17.8. The van der Waals surface area contributed by atoms with Gasteiger partial charge in [0.05, 0.1) is 33.1 Å². The molecule has 10 heteroatoms. The minimum atomic E-state index is -0.166. The third-order valence-corrected chi connectivity index (χ3v) is 5.06. The maximum absolute atomic E-state index is 12.5. The van der Waals surface area contributed by atoms with Crippen molar-refractivity contribution in [3.05, 3.63) is 29.7 Å². The number of rotatable bonds is 7. The summed E-state index contributed by atoms with van der Waals surface area (Å²) >= 11 is 0. The number of aromatic nitrogens is 3. The maximum Gasteiger partial charge on any atom is 0.263 e. The Bertz CT molecular complexity index is 1060. The first-order chi connectivity index (χ1) is 15.1. The van der Waals surface area contributed by atoms with Gasteiger partial charge in [-0.1, -0.05) is 5.16 Å². The van der Waals surface area contributed by atoms with Crippen LogP contribution in [0, 0.1) is 6.92 Å². The highest BCUT2D eigenvalue weighted by Gasteiger charge is 2.22. The van der Waals surface area contributed by atoms with E-state index in [1.165, 1.54) is 0 Å². The first-order valence-electron chi connectivity index (χ1n) is 10.1. The van der Waals surface area contributed by atoms with Gasteiger partial charge in [0.1, 0.15) is 28.5 Å². The normalized spacial score (nSPS) is 14.0. The molecule has 1 aliphatic heterocycles. The number of fused-ring (bicyclic) bond motifs is 1. The summed E-state index contributed by atoms with van der Waals surface area (Å²) < 4.78 is 21.3. The number of anilines is 2. The molecule has 0 atom stereocenters. The van der Waals surface area contributed by atoms with Crippen molar-refractivity contribution in [2.24, 2.45) is 0 Å². The summed E-state index contributed by atoms with van der Waals surface area (Å²) in [6.07, 6.45) is 0.570. The van der Waals surface area contributed by atoms with Crippen LogP contribution in [0.3, 0.4) is 0 Å². The Hall–Kier alpha value is -3.40. The molecule has 4 rings (SSSR count). The standard InChI is InChI=1S/C21H25N5O5/c1-13-19-20(26-6-8-30-9-7-26)23-17(24-21(19)31-25-13)4-5-18(27)22-14-10-15(28-2)12-16(11-14)29-3/h10-12H,4-9H2,1-3H3,(H,22,27). The molecule has 0 unspecified atom stereocenters. The number of amides is 1. The van der Waals surface area contributed by atoms with E-state index in [2.05, 4.69) is 20.4 Å². The first-order valence-corrected chi connectivity index (χ1v) is 10.1. The zero-order valence-electron chi connectivity index (χ0n) is 17.8. The molecule has 1 saturated heterocycles. The predicted molar refractivity (Wildman–Crippen MR) is 114 cm³/mol. The number of carbonyl (C=O) groups excluding carboxylic acids is 1. The second-order valence-electron chi connectivity index (χ2n) is 7.16. The van der Waals surface area contributed by atoms with E-state index in [1.54, 1.807) is 32.4 Å². The Kier molecular flexibility index (Phi) is 6.17.